The van der Waals surface area contributed by atoms with Gasteiger partial charge in [0.1, 0.15) is 31.3 Å². The van der Waals surface area contributed by atoms with Crippen molar-refractivity contribution >= 4 is 50.2 Å². The number of methoxy groups -OCH3 is 1. The molecule has 0 saturated carbocycles. The van der Waals surface area contributed by atoms with Crippen LogP contribution in [0.4, 0.5) is 15.9 Å². The molecule has 1 aromatic heterocycles. The minimum Gasteiger partial charge on any atom is -0.493 e. The van der Waals surface area contributed by atoms with E-state index in [0.717, 1.165) is 4.90 Å². The highest BCUT2D eigenvalue weighted by Crippen LogP contribution is 2.35. The van der Waals surface area contributed by atoms with Crippen molar-refractivity contribution in [1.82, 2.24) is 14.9 Å². The number of carbonyl (C=O) groups is 2. The van der Waals surface area contributed by atoms with Crippen molar-refractivity contribution < 1.29 is 43.5 Å². The van der Waals surface area contributed by atoms with Gasteiger partial charge in [0.15, 0.2) is 17.5 Å². The third-order valence-electron chi connectivity index (χ3n) is 5.98. The van der Waals surface area contributed by atoms with Crippen LogP contribution in [0.1, 0.15) is 12.8 Å². The maximum absolute atomic E-state index is 14.3. The maximum atomic E-state index is 14.3. The Morgan fingerprint density at radius 2 is 2.03 bits per heavy atom. The second-order valence-corrected chi connectivity index (χ2v) is 9.68. The highest BCUT2D eigenvalue weighted by atomic mass is 79.9. The summed E-state index contributed by atoms with van der Waals surface area (Å²) >= 11 is 3.22. The molecule has 1 fully saturated rings. The monoisotopic (exact) mass is 608 g/mol. The number of aliphatic carboxylic acids is 1. The molecule has 4 N–H and O–H groups in total. The summed E-state index contributed by atoms with van der Waals surface area (Å²) in [4.78, 5) is 33.1. The number of carbonyl (C=O) groups excluding carboxylic acids is 1. The molecule has 0 bridgehead atoms. The summed E-state index contributed by atoms with van der Waals surface area (Å²) in [5.41, 5.74) is 0.676. The van der Waals surface area contributed by atoms with E-state index in [9.17, 15) is 24.2 Å². The van der Waals surface area contributed by atoms with Gasteiger partial charge in [-0.1, -0.05) is 15.9 Å². The lowest BCUT2D eigenvalue weighted by atomic mass is 10.1. The van der Waals surface area contributed by atoms with Crippen LogP contribution < -0.4 is 14.8 Å². The SMILES string of the molecule is COc1cc2c(Nc3ccc(Br)cc3F)ncnc2cc1OCC(O)CC(O)CC(=O)N1COCC1C(=O)O. The van der Waals surface area contributed by atoms with E-state index in [1.807, 2.05) is 0 Å². The summed E-state index contributed by atoms with van der Waals surface area (Å²) in [7, 11) is 1.43. The van der Waals surface area contributed by atoms with Crippen molar-refractivity contribution in [2.45, 2.75) is 31.1 Å². The number of nitrogens with zero attached hydrogens (tertiary/aromatic N) is 3. The molecule has 1 aliphatic heterocycles. The Morgan fingerprint density at radius 1 is 1.23 bits per heavy atom. The number of rotatable bonds is 11. The molecule has 0 radical (unpaired) electrons. The average molecular weight is 609 g/mol. The fraction of sp³-hybridized carbons (Fsp3) is 0.360. The molecule has 2 aromatic carbocycles. The first-order valence-corrected chi connectivity index (χ1v) is 12.6. The first-order chi connectivity index (χ1) is 18.7. The zero-order chi connectivity index (χ0) is 28.1. The summed E-state index contributed by atoms with van der Waals surface area (Å²) in [6.07, 6.45) is -1.65. The Morgan fingerprint density at radius 3 is 2.74 bits per heavy atom. The lowest BCUT2D eigenvalue weighted by molar-refractivity contribution is -0.148. The summed E-state index contributed by atoms with van der Waals surface area (Å²) in [6.45, 7) is -0.530. The fourth-order valence-corrected chi connectivity index (χ4v) is 4.35. The molecule has 3 unspecified atom stereocenters. The van der Waals surface area contributed by atoms with Gasteiger partial charge in [-0.3, -0.25) is 4.79 Å². The van der Waals surface area contributed by atoms with Crippen molar-refractivity contribution in [3.63, 3.8) is 0 Å². The van der Waals surface area contributed by atoms with Gasteiger partial charge in [-0.2, -0.15) is 0 Å². The van der Waals surface area contributed by atoms with Gasteiger partial charge in [-0.05, 0) is 24.3 Å². The molecule has 0 spiro atoms. The van der Waals surface area contributed by atoms with E-state index in [2.05, 4.69) is 31.2 Å². The molecule has 4 rings (SSSR count). The van der Waals surface area contributed by atoms with Crippen molar-refractivity contribution in [2.75, 3.05) is 32.4 Å². The average Bonchev–Trinajstić information content (AvgIpc) is 3.39. The molecule has 2 heterocycles. The Hall–Kier alpha value is -3.59. The topological polar surface area (TPSA) is 164 Å². The van der Waals surface area contributed by atoms with Crippen LogP contribution in [0.5, 0.6) is 11.5 Å². The maximum Gasteiger partial charge on any atom is 0.328 e. The van der Waals surface area contributed by atoms with Crippen LogP contribution >= 0.6 is 15.9 Å². The third-order valence-corrected chi connectivity index (χ3v) is 6.47. The highest BCUT2D eigenvalue weighted by molar-refractivity contribution is 9.10. The number of halogens is 2. The molecule has 0 aliphatic carbocycles. The van der Waals surface area contributed by atoms with E-state index >= 15 is 0 Å². The number of amides is 1. The van der Waals surface area contributed by atoms with Gasteiger partial charge in [0.25, 0.3) is 0 Å². The second kappa shape index (κ2) is 12.5. The molecule has 39 heavy (non-hydrogen) atoms. The van der Waals surface area contributed by atoms with E-state index in [-0.39, 0.29) is 44.2 Å². The minimum atomic E-state index is -1.23. The lowest BCUT2D eigenvalue weighted by Gasteiger charge is -2.22. The quantitative estimate of drug-likeness (QED) is 0.253. The minimum absolute atomic E-state index is 0.120. The number of anilines is 2. The molecule has 208 valence electrons. The van der Waals surface area contributed by atoms with Crippen molar-refractivity contribution in [2.24, 2.45) is 0 Å². The number of fused-ring (bicyclic) bond motifs is 1. The molecule has 3 aromatic rings. The van der Waals surface area contributed by atoms with Crippen molar-refractivity contribution in [1.29, 1.82) is 0 Å². The lowest BCUT2D eigenvalue weighted by Crippen LogP contribution is -2.43. The normalized spacial score (nSPS) is 16.6. The zero-order valence-corrected chi connectivity index (χ0v) is 22.3. The first kappa shape index (κ1) is 28.4. The predicted molar refractivity (Wildman–Crippen MR) is 139 cm³/mol. The van der Waals surface area contributed by atoms with Crippen LogP contribution in [-0.2, 0) is 14.3 Å². The van der Waals surface area contributed by atoms with Crippen LogP contribution in [0.25, 0.3) is 10.9 Å². The van der Waals surface area contributed by atoms with Gasteiger partial charge >= 0.3 is 5.97 Å². The van der Waals surface area contributed by atoms with E-state index in [4.69, 9.17) is 19.3 Å². The predicted octanol–water partition coefficient (Wildman–Crippen LogP) is 2.43. The Labute approximate surface area is 230 Å². The van der Waals surface area contributed by atoms with Gasteiger partial charge in [0.2, 0.25) is 5.91 Å². The smallest absolute Gasteiger partial charge is 0.328 e. The number of hydrogen-bond donors (Lipinski definition) is 4. The molecule has 12 nitrogen and oxygen atoms in total. The van der Waals surface area contributed by atoms with Gasteiger partial charge in [0, 0.05) is 22.3 Å². The summed E-state index contributed by atoms with van der Waals surface area (Å²) in [5.74, 6) is -1.37. The van der Waals surface area contributed by atoms with Gasteiger partial charge in [0.05, 0.1) is 43.5 Å². The number of nitrogens with one attached hydrogen (secondary N) is 1. The number of benzene rings is 2. The standard InChI is InChI=1S/C25H26BrFN4O8/c1-37-21-7-16-19(28-11-29-24(16)30-18-3-2-13(26)4-17(18)27)8-22(21)39-9-15(33)5-14(32)6-23(34)31-12-38-10-20(31)25(35)36/h2-4,7-8,11,14-15,20,32-33H,5-6,9-10,12H2,1H3,(H,35,36)(H,28,29,30). The summed E-state index contributed by atoms with van der Waals surface area (Å²) in [5, 5.41) is 33.3. The molecule has 14 heteroatoms. The number of aliphatic hydroxyl groups excluding tert-OH is 2. The number of aliphatic hydroxyl groups is 2. The van der Waals surface area contributed by atoms with E-state index in [0.29, 0.717) is 26.9 Å². The van der Waals surface area contributed by atoms with Gasteiger partial charge < -0.3 is 39.7 Å². The molecule has 3 atom stereocenters. The van der Waals surface area contributed by atoms with Crippen LogP contribution in [0.2, 0.25) is 0 Å². The van der Waals surface area contributed by atoms with E-state index < -0.39 is 35.9 Å². The van der Waals surface area contributed by atoms with Crippen molar-refractivity contribution in [3.8, 4) is 11.5 Å². The first-order valence-electron chi connectivity index (χ1n) is 11.8. The highest BCUT2D eigenvalue weighted by Gasteiger charge is 2.35. The number of ether oxygens (including phenoxy) is 3. The Kier molecular flexibility index (Phi) is 9.12. The largest absolute Gasteiger partial charge is 0.493 e. The van der Waals surface area contributed by atoms with E-state index in [1.54, 1.807) is 24.3 Å². The molecule has 1 aliphatic rings. The molecular formula is C25H26BrFN4O8. The number of hydrogen-bond acceptors (Lipinski definition) is 10. The number of carboxylic acids is 1. The third kappa shape index (κ3) is 6.89. The van der Waals surface area contributed by atoms with E-state index in [1.165, 1.54) is 19.5 Å². The molecule has 1 saturated heterocycles. The van der Waals surface area contributed by atoms with Crippen LogP contribution in [0, 0.1) is 5.82 Å². The summed E-state index contributed by atoms with van der Waals surface area (Å²) in [6, 6.07) is 6.66. The molecule has 1 amide bonds. The summed E-state index contributed by atoms with van der Waals surface area (Å²) < 4.78 is 31.1. The van der Waals surface area contributed by atoms with Gasteiger partial charge in [-0.25, -0.2) is 19.2 Å². The number of aromatic nitrogens is 2. The number of carboxylic acid groups (broad SMARTS) is 1. The zero-order valence-electron chi connectivity index (χ0n) is 20.7. The van der Waals surface area contributed by atoms with Gasteiger partial charge in [-0.15, -0.1) is 0 Å². The van der Waals surface area contributed by atoms with Crippen LogP contribution in [-0.4, -0.2) is 87.4 Å². The van der Waals surface area contributed by atoms with Crippen molar-refractivity contribution in [3.05, 3.63) is 46.9 Å². The van der Waals surface area contributed by atoms with Crippen LogP contribution in [0.3, 0.4) is 0 Å². The second-order valence-electron chi connectivity index (χ2n) is 8.77. The Balaban J connectivity index is 1.40. The van der Waals surface area contributed by atoms with Crippen LogP contribution in [0.15, 0.2) is 41.1 Å². The molecular weight excluding hydrogens is 583 g/mol. The Bertz CT molecular complexity index is 1360. The fourth-order valence-electron chi connectivity index (χ4n) is 4.02.